The van der Waals surface area contributed by atoms with Gasteiger partial charge in [-0.2, -0.15) is 10.2 Å². The summed E-state index contributed by atoms with van der Waals surface area (Å²) in [7, 11) is 1.58. The zero-order valence-electron chi connectivity index (χ0n) is 21.0. The fourth-order valence-corrected chi connectivity index (χ4v) is 2.93. The lowest BCUT2D eigenvalue weighted by molar-refractivity contribution is 0.114. The van der Waals surface area contributed by atoms with Gasteiger partial charge in [-0.05, 0) is 26.8 Å². The molecule has 0 aliphatic carbocycles. The van der Waals surface area contributed by atoms with Crippen molar-refractivity contribution in [2.24, 2.45) is 0 Å². The third-order valence-corrected chi connectivity index (χ3v) is 4.29. The van der Waals surface area contributed by atoms with Gasteiger partial charge in [0.1, 0.15) is 5.75 Å². The number of halogens is 1. The molecule has 3 rings (SSSR count). The van der Waals surface area contributed by atoms with Gasteiger partial charge in [-0.25, -0.2) is 9.78 Å². The molecule has 34 heavy (non-hydrogen) atoms. The summed E-state index contributed by atoms with van der Waals surface area (Å²) < 4.78 is 11.3. The van der Waals surface area contributed by atoms with Crippen LogP contribution in [0.5, 0.6) is 5.75 Å². The first-order chi connectivity index (χ1) is 16.4. The lowest BCUT2D eigenvalue weighted by atomic mass is 10.1. The average molecular weight is 492 g/mol. The van der Waals surface area contributed by atoms with Crippen molar-refractivity contribution in [2.75, 3.05) is 17.7 Å². The third-order valence-electron chi connectivity index (χ3n) is 4.01. The predicted octanol–water partition coefficient (Wildman–Crippen LogP) is 5.90. The van der Waals surface area contributed by atoms with E-state index in [1.807, 2.05) is 48.5 Å². The highest BCUT2D eigenvalue weighted by molar-refractivity contribution is 6.32. The number of methoxy groups -OCH3 is 1. The quantitative estimate of drug-likeness (QED) is 0.422. The number of hydrogen-bond acceptors (Lipinski definition) is 7. The summed E-state index contributed by atoms with van der Waals surface area (Å²) in [5.41, 5.74) is 1.56. The molecule has 3 heterocycles. The van der Waals surface area contributed by atoms with Crippen LogP contribution >= 0.6 is 11.6 Å². The topological polar surface area (TPSA) is 116 Å². The maximum Gasteiger partial charge on any atom is 0.323 e. The predicted molar refractivity (Wildman–Crippen MR) is 135 cm³/mol. The molecule has 10 nitrogen and oxygen atoms in total. The fourth-order valence-electron chi connectivity index (χ4n) is 2.69. The molecule has 0 saturated heterocycles. The minimum Gasteiger partial charge on any atom is -0.489 e. The number of carbonyl (C=O) groups is 1. The zero-order valence-corrected chi connectivity index (χ0v) is 21.7. The van der Waals surface area contributed by atoms with E-state index in [0.717, 1.165) is 0 Å². The first-order valence-corrected chi connectivity index (χ1v) is 11.5. The van der Waals surface area contributed by atoms with Gasteiger partial charge in [0.15, 0.2) is 5.82 Å². The summed E-state index contributed by atoms with van der Waals surface area (Å²) in [5.74, 6) is 0.893. The molecule has 186 valence electrons. The number of nitrogens with one attached hydrogen (secondary N) is 2. The van der Waals surface area contributed by atoms with Crippen molar-refractivity contribution in [1.29, 1.82) is 0 Å². The van der Waals surface area contributed by atoms with E-state index in [0.29, 0.717) is 28.5 Å². The van der Waals surface area contributed by atoms with Crippen molar-refractivity contribution < 1.29 is 14.3 Å². The molecule has 0 radical (unpaired) electrons. The summed E-state index contributed by atoms with van der Waals surface area (Å²) >= 11 is 6.24. The number of anilines is 2. The number of pyridine rings is 2. The number of urea groups is 1. The number of carbonyl (C=O) groups excluding carboxylic acids is 1. The van der Waals surface area contributed by atoms with Crippen LogP contribution in [-0.2, 0) is 4.74 Å². The SMILES string of the molecule is CC.CC.COC(C)c1c(NC(=O)Nc2cnc(-n3nccn3)c(Cl)c2)cncc1OC(C)C. The fraction of sp³-hybridized carbons (Fsp3) is 0.435. The van der Waals surface area contributed by atoms with Crippen molar-refractivity contribution in [3.05, 3.63) is 47.6 Å². The van der Waals surface area contributed by atoms with Crippen LogP contribution in [0, 0.1) is 0 Å². The standard InChI is InChI=1S/C19H22ClN7O3.2C2H6/c1-11(2)30-16-10-21-9-15(17(16)12(3)29-4)26-19(28)25-13-7-14(20)18(22-8-13)27-23-5-6-24-27;2*1-2/h5-12H,1-4H3,(H2,25,26,28);2*1-2H3. The van der Waals surface area contributed by atoms with Gasteiger partial charge in [-0.15, -0.1) is 4.80 Å². The number of aromatic nitrogens is 5. The molecular formula is C23H34ClN7O3. The number of ether oxygens (including phenoxy) is 2. The van der Waals surface area contributed by atoms with Gasteiger partial charge in [0.25, 0.3) is 0 Å². The maximum atomic E-state index is 12.6. The smallest absolute Gasteiger partial charge is 0.323 e. The molecule has 3 aromatic heterocycles. The van der Waals surface area contributed by atoms with Crippen molar-refractivity contribution in [3.8, 4) is 11.6 Å². The van der Waals surface area contributed by atoms with Gasteiger partial charge in [0.2, 0.25) is 0 Å². The van der Waals surface area contributed by atoms with Gasteiger partial charge in [0, 0.05) is 12.7 Å². The Balaban J connectivity index is 0.00000137. The van der Waals surface area contributed by atoms with Crippen LogP contribution in [-0.4, -0.2) is 44.2 Å². The van der Waals surface area contributed by atoms with E-state index in [9.17, 15) is 4.79 Å². The Morgan fingerprint density at radius 3 is 2.24 bits per heavy atom. The van der Waals surface area contributed by atoms with E-state index in [2.05, 4.69) is 30.8 Å². The highest BCUT2D eigenvalue weighted by Crippen LogP contribution is 2.34. The minimum absolute atomic E-state index is 0.0605. The number of amides is 2. The number of hydrogen-bond donors (Lipinski definition) is 2. The van der Waals surface area contributed by atoms with Gasteiger partial charge in [0.05, 0.1) is 59.6 Å². The number of rotatable bonds is 7. The van der Waals surface area contributed by atoms with Crippen molar-refractivity contribution in [2.45, 2.75) is 60.7 Å². The molecule has 0 bridgehead atoms. The van der Waals surface area contributed by atoms with E-state index in [-0.39, 0.29) is 17.2 Å². The molecule has 0 aromatic carbocycles. The average Bonchev–Trinajstić information content (AvgIpc) is 3.36. The Morgan fingerprint density at radius 2 is 1.68 bits per heavy atom. The van der Waals surface area contributed by atoms with E-state index < -0.39 is 6.03 Å². The summed E-state index contributed by atoms with van der Waals surface area (Å²) in [6, 6.07) is 1.06. The molecule has 0 aliphatic heterocycles. The van der Waals surface area contributed by atoms with Crippen molar-refractivity contribution in [1.82, 2.24) is 25.0 Å². The van der Waals surface area contributed by atoms with Gasteiger partial charge < -0.3 is 20.1 Å². The lowest BCUT2D eigenvalue weighted by Gasteiger charge is -2.21. The van der Waals surface area contributed by atoms with Gasteiger partial charge >= 0.3 is 6.03 Å². The Bertz CT molecular complexity index is 1010. The zero-order chi connectivity index (χ0) is 25.7. The highest BCUT2D eigenvalue weighted by atomic mass is 35.5. The van der Waals surface area contributed by atoms with Crippen LogP contribution in [0.15, 0.2) is 37.1 Å². The lowest BCUT2D eigenvalue weighted by Crippen LogP contribution is -2.22. The second kappa shape index (κ2) is 14.8. The van der Waals surface area contributed by atoms with Crippen molar-refractivity contribution in [3.63, 3.8) is 0 Å². The second-order valence-corrected chi connectivity index (χ2v) is 6.98. The Morgan fingerprint density at radius 1 is 1.03 bits per heavy atom. The molecule has 0 spiro atoms. The van der Waals surface area contributed by atoms with Crippen LogP contribution in [0.1, 0.15) is 60.1 Å². The van der Waals surface area contributed by atoms with Crippen LogP contribution in [0.2, 0.25) is 5.02 Å². The number of nitrogens with zero attached hydrogens (tertiary/aromatic N) is 5. The summed E-state index contributed by atoms with van der Waals surface area (Å²) in [6.07, 6.45) is 7.24. The molecule has 0 fully saturated rings. The second-order valence-electron chi connectivity index (χ2n) is 6.57. The van der Waals surface area contributed by atoms with E-state index in [1.54, 1.807) is 19.4 Å². The Hall–Kier alpha value is -3.24. The maximum absolute atomic E-state index is 12.6. The normalized spacial score (nSPS) is 10.9. The largest absolute Gasteiger partial charge is 0.489 e. The van der Waals surface area contributed by atoms with Gasteiger partial charge in [-0.3, -0.25) is 4.98 Å². The molecule has 0 saturated carbocycles. The molecule has 0 aliphatic rings. The first-order valence-electron chi connectivity index (χ1n) is 11.2. The van der Waals surface area contributed by atoms with Crippen molar-refractivity contribution >= 4 is 29.0 Å². The Kier molecular flexibility index (Phi) is 12.5. The summed E-state index contributed by atoms with van der Waals surface area (Å²) in [5, 5.41) is 13.7. The molecule has 2 N–H and O–H groups in total. The van der Waals surface area contributed by atoms with Crippen LogP contribution < -0.4 is 15.4 Å². The highest BCUT2D eigenvalue weighted by Gasteiger charge is 2.20. The Labute approximate surface area is 206 Å². The molecule has 11 heteroatoms. The monoisotopic (exact) mass is 491 g/mol. The van der Waals surface area contributed by atoms with E-state index >= 15 is 0 Å². The van der Waals surface area contributed by atoms with Crippen LogP contribution in [0.3, 0.4) is 0 Å². The first kappa shape index (κ1) is 28.8. The third kappa shape index (κ3) is 7.96. The van der Waals surface area contributed by atoms with Crippen LogP contribution in [0.4, 0.5) is 16.2 Å². The molecule has 3 aromatic rings. The molecule has 1 unspecified atom stereocenters. The summed E-state index contributed by atoms with van der Waals surface area (Å²) in [4.78, 5) is 22.2. The van der Waals surface area contributed by atoms with Crippen LogP contribution in [0.25, 0.3) is 5.82 Å². The minimum atomic E-state index is -0.495. The molecule has 2 amide bonds. The van der Waals surface area contributed by atoms with Gasteiger partial charge in [-0.1, -0.05) is 39.3 Å². The molecular weight excluding hydrogens is 458 g/mol. The van der Waals surface area contributed by atoms with E-state index in [4.69, 9.17) is 21.1 Å². The molecule has 1 atom stereocenters. The van der Waals surface area contributed by atoms with E-state index in [1.165, 1.54) is 29.6 Å². The summed E-state index contributed by atoms with van der Waals surface area (Å²) in [6.45, 7) is 13.7.